The summed E-state index contributed by atoms with van der Waals surface area (Å²) in [5.74, 6) is 0. The van der Waals surface area contributed by atoms with Crippen LogP contribution in [0.1, 0.15) is 0 Å². The summed E-state index contributed by atoms with van der Waals surface area (Å²) in [6.07, 6.45) is 3.36. The molecule has 0 aromatic carbocycles. The van der Waals surface area contributed by atoms with E-state index in [9.17, 15) is 4.79 Å². The molecule has 0 saturated heterocycles. The second-order valence-electron chi connectivity index (χ2n) is 2.41. The number of rotatable bonds is 0. The molecule has 1 N–H and O–H groups in total. The summed E-state index contributed by atoms with van der Waals surface area (Å²) < 4.78 is 0.803. The van der Waals surface area contributed by atoms with E-state index in [0.717, 1.165) is 15.4 Å². The first-order chi connectivity index (χ1) is 5.77. The van der Waals surface area contributed by atoms with Crippen molar-refractivity contribution in [3.05, 3.63) is 39.4 Å². The minimum absolute atomic E-state index is 0.102. The maximum absolute atomic E-state index is 10.9. The maximum atomic E-state index is 10.9. The van der Waals surface area contributed by atoms with Gasteiger partial charge in [0.15, 0.2) is 0 Å². The topological polar surface area (TPSA) is 45.8 Å². The number of hydrogen-bond acceptors (Lipinski definition) is 2. The molecule has 0 fully saturated rings. The fraction of sp³-hybridized carbons (Fsp3) is 0. The van der Waals surface area contributed by atoms with E-state index in [4.69, 9.17) is 0 Å². The average molecular weight is 225 g/mol. The first-order valence-corrected chi connectivity index (χ1v) is 4.19. The van der Waals surface area contributed by atoms with Gasteiger partial charge >= 0.3 is 0 Å². The van der Waals surface area contributed by atoms with Crippen molar-refractivity contribution < 1.29 is 0 Å². The second kappa shape index (κ2) is 2.71. The number of nitrogens with zero attached hydrogens (tertiary/aromatic N) is 1. The van der Waals surface area contributed by atoms with Gasteiger partial charge in [0.2, 0.25) is 5.56 Å². The van der Waals surface area contributed by atoms with Crippen molar-refractivity contribution in [2.24, 2.45) is 0 Å². The molecule has 0 radical (unpaired) electrons. The summed E-state index contributed by atoms with van der Waals surface area (Å²) >= 11 is 3.30. The molecule has 0 saturated carbocycles. The van der Waals surface area contributed by atoms with E-state index in [2.05, 4.69) is 25.9 Å². The molecule has 2 aromatic rings. The molecule has 0 spiro atoms. The Kier molecular flexibility index (Phi) is 1.69. The third-order valence-corrected chi connectivity index (χ3v) is 2.19. The Bertz CT molecular complexity index is 478. The summed E-state index contributed by atoms with van der Waals surface area (Å²) in [7, 11) is 0. The van der Waals surface area contributed by atoms with Gasteiger partial charge in [-0.3, -0.25) is 9.78 Å². The highest BCUT2D eigenvalue weighted by Gasteiger charge is 1.97. The zero-order valence-corrected chi connectivity index (χ0v) is 7.63. The standard InChI is InChI=1S/C8H5BrN2O/c9-6-4-10-3-5-1-2-7(12)11-8(5)6/h1-4H,(H,11,12). The molecule has 2 aromatic heterocycles. The number of pyridine rings is 2. The quantitative estimate of drug-likeness (QED) is 0.741. The van der Waals surface area contributed by atoms with Crippen LogP contribution >= 0.6 is 15.9 Å². The van der Waals surface area contributed by atoms with Crippen molar-refractivity contribution in [1.82, 2.24) is 9.97 Å². The Morgan fingerprint density at radius 2 is 2.17 bits per heavy atom. The van der Waals surface area contributed by atoms with Crippen LogP contribution in [0, 0.1) is 0 Å². The lowest BCUT2D eigenvalue weighted by Crippen LogP contribution is -2.02. The van der Waals surface area contributed by atoms with Gasteiger partial charge in [-0.05, 0) is 22.0 Å². The van der Waals surface area contributed by atoms with Crippen molar-refractivity contribution in [1.29, 1.82) is 0 Å². The number of fused-ring (bicyclic) bond motifs is 1. The summed E-state index contributed by atoms with van der Waals surface area (Å²) in [6.45, 7) is 0. The zero-order chi connectivity index (χ0) is 8.55. The van der Waals surface area contributed by atoms with Crippen molar-refractivity contribution in [3.63, 3.8) is 0 Å². The van der Waals surface area contributed by atoms with Gasteiger partial charge in [-0.1, -0.05) is 0 Å². The molecule has 0 aliphatic carbocycles. The Balaban J connectivity index is 2.97. The van der Waals surface area contributed by atoms with Gasteiger partial charge in [-0.15, -0.1) is 0 Å². The molecule has 0 atom stereocenters. The van der Waals surface area contributed by atoms with Crippen molar-refractivity contribution >= 4 is 26.8 Å². The number of halogens is 1. The van der Waals surface area contributed by atoms with E-state index in [1.165, 1.54) is 6.07 Å². The lowest BCUT2D eigenvalue weighted by Gasteiger charge is -1.96. The highest BCUT2D eigenvalue weighted by Crippen LogP contribution is 2.17. The molecule has 4 heteroatoms. The van der Waals surface area contributed by atoms with Crippen LogP contribution in [0.5, 0.6) is 0 Å². The smallest absolute Gasteiger partial charge is 0.248 e. The third-order valence-electron chi connectivity index (χ3n) is 1.59. The van der Waals surface area contributed by atoms with Crippen LogP contribution in [0.3, 0.4) is 0 Å². The molecule has 0 bridgehead atoms. The van der Waals surface area contributed by atoms with E-state index < -0.39 is 0 Å². The van der Waals surface area contributed by atoms with Gasteiger partial charge in [0.1, 0.15) is 0 Å². The minimum Gasteiger partial charge on any atom is -0.321 e. The first-order valence-electron chi connectivity index (χ1n) is 3.40. The van der Waals surface area contributed by atoms with Gasteiger partial charge in [-0.2, -0.15) is 0 Å². The van der Waals surface area contributed by atoms with Crippen LogP contribution in [0.15, 0.2) is 33.8 Å². The normalized spacial score (nSPS) is 10.4. The average Bonchev–Trinajstić information content (AvgIpc) is 2.07. The maximum Gasteiger partial charge on any atom is 0.248 e. The Morgan fingerprint density at radius 1 is 1.33 bits per heavy atom. The Morgan fingerprint density at radius 3 is 3.00 bits per heavy atom. The van der Waals surface area contributed by atoms with Gasteiger partial charge in [0.05, 0.1) is 9.99 Å². The summed E-state index contributed by atoms with van der Waals surface area (Å²) in [5, 5.41) is 0.920. The van der Waals surface area contributed by atoms with Crippen molar-refractivity contribution in [2.45, 2.75) is 0 Å². The highest BCUT2D eigenvalue weighted by molar-refractivity contribution is 9.10. The molecule has 2 rings (SSSR count). The molecule has 0 amide bonds. The van der Waals surface area contributed by atoms with Crippen LogP contribution < -0.4 is 5.56 Å². The van der Waals surface area contributed by atoms with Crippen LogP contribution in [0.25, 0.3) is 10.9 Å². The third kappa shape index (κ3) is 1.14. The molecule has 3 nitrogen and oxygen atoms in total. The highest BCUT2D eigenvalue weighted by atomic mass is 79.9. The summed E-state index contributed by atoms with van der Waals surface area (Å²) in [6, 6.07) is 3.22. The lowest BCUT2D eigenvalue weighted by atomic mass is 10.3. The Labute approximate surface area is 76.6 Å². The fourth-order valence-electron chi connectivity index (χ4n) is 1.04. The fourth-order valence-corrected chi connectivity index (χ4v) is 1.48. The van der Waals surface area contributed by atoms with Gasteiger partial charge < -0.3 is 4.98 Å². The molecule has 0 unspecified atom stereocenters. The van der Waals surface area contributed by atoms with Gasteiger partial charge in [0.25, 0.3) is 0 Å². The molecular weight excluding hydrogens is 220 g/mol. The second-order valence-corrected chi connectivity index (χ2v) is 3.26. The molecule has 12 heavy (non-hydrogen) atoms. The van der Waals surface area contributed by atoms with E-state index in [1.54, 1.807) is 18.5 Å². The van der Waals surface area contributed by atoms with Crippen LogP contribution in [0.4, 0.5) is 0 Å². The largest absolute Gasteiger partial charge is 0.321 e. The molecular formula is C8H5BrN2O. The Hall–Kier alpha value is -1.16. The van der Waals surface area contributed by atoms with E-state index in [1.807, 2.05) is 0 Å². The monoisotopic (exact) mass is 224 g/mol. The van der Waals surface area contributed by atoms with Crippen molar-refractivity contribution in [3.8, 4) is 0 Å². The number of nitrogens with one attached hydrogen (secondary N) is 1. The number of hydrogen-bond donors (Lipinski definition) is 1. The lowest BCUT2D eigenvalue weighted by molar-refractivity contribution is 1.26. The SMILES string of the molecule is O=c1ccc2cncc(Br)c2[nH]1. The van der Waals surface area contributed by atoms with Gasteiger partial charge in [0, 0.05) is 23.8 Å². The van der Waals surface area contributed by atoms with Crippen LogP contribution in [0.2, 0.25) is 0 Å². The van der Waals surface area contributed by atoms with Crippen molar-refractivity contribution in [2.75, 3.05) is 0 Å². The predicted molar refractivity (Wildman–Crippen MR) is 50.1 cm³/mol. The molecule has 2 heterocycles. The molecule has 0 aliphatic heterocycles. The number of aromatic nitrogens is 2. The van der Waals surface area contributed by atoms with E-state index >= 15 is 0 Å². The van der Waals surface area contributed by atoms with E-state index in [0.29, 0.717) is 0 Å². The van der Waals surface area contributed by atoms with Crippen LogP contribution in [-0.4, -0.2) is 9.97 Å². The summed E-state index contributed by atoms with van der Waals surface area (Å²) in [4.78, 5) is 17.6. The predicted octanol–water partition coefficient (Wildman–Crippen LogP) is 1.69. The zero-order valence-electron chi connectivity index (χ0n) is 6.04. The number of H-pyrrole nitrogens is 1. The van der Waals surface area contributed by atoms with Gasteiger partial charge in [-0.25, -0.2) is 0 Å². The minimum atomic E-state index is -0.102. The molecule has 0 aliphatic rings. The van der Waals surface area contributed by atoms with Crippen LogP contribution in [-0.2, 0) is 0 Å². The first kappa shape index (κ1) is 7.49. The van der Waals surface area contributed by atoms with E-state index in [-0.39, 0.29) is 5.56 Å². The number of aromatic amines is 1. The molecule has 60 valence electrons. The summed E-state index contributed by atoms with van der Waals surface area (Å²) in [5.41, 5.74) is 0.687.